The quantitative estimate of drug-likeness (QED) is 0.881. The molecule has 1 aromatic carbocycles. The van der Waals surface area contributed by atoms with Crippen molar-refractivity contribution in [3.63, 3.8) is 0 Å². The Balaban J connectivity index is 1.52. The van der Waals surface area contributed by atoms with Crippen LogP contribution in [0, 0.1) is 0 Å². The molecule has 1 amide bonds. The highest BCUT2D eigenvalue weighted by molar-refractivity contribution is 5.71. The fourth-order valence-corrected chi connectivity index (χ4v) is 4.61. The molecule has 27 heavy (non-hydrogen) atoms. The Kier molecular flexibility index (Phi) is 4.48. The zero-order chi connectivity index (χ0) is 19.4. The molecule has 3 aliphatic heterocycles. The van der Waals surface area contributed by atoms with E-state index in [1.807, 2.05) is 57.7 Å². The first-order valence-electron chi connectivity index (χ1n) is 9.79. The molecule has 3 heterocycles. The number of fused-ring (bicyclic) bond motifs is 5. The molecule has 0 saturated carbocycles. The summed E-state index contributed by atoms with van der Waals surface area (Å²) in [7, 11) is 0. The minimum atomic E-state index is -0.611. The van der Waals surface area contributed by atoms with Gasteiger partial charge in [0.15, 0.2) is 5.79 Å². The lowest BCUT2D eigenvalue weighted by Gasteiger charge is -2.31. The number of rotatable bonds is 3. The second kappa shape index (κ2) is 6.47. The maximum Gasteiger partial charge on any atom is 0.411 e. The monoisotopic (exact) mass is 374 g/mol. The van der Waals surface area contributed by atoms with Crippen molar-refractivity contribution < 1.29 is 19.0 Å². The first-order valence-corrected chi connectivity index (χ1v) is 9.79. The van der Waals surface area contributed by atoms with Gasteiger partial charge in [0.05, 0.1) is 12.1 Å². The molecule has 0 aliphatic carbocycles. The number of carbonyl (C=O) groups excluding carboxylic acids is 1. The van der Waals surface area contributed by atoms with Gasteiger partial charge in [-0.1, -0.05) is 30.3 Å². The van der Waals surface area contributed by atoms with E-state index in [4.69, 9.17) is 14.2 Å². The van der Waals surface area contributed by atoms with Crippen LogP contribution >= 0.6 is 0 Å². The zero-order valence-corrected chi connectivity index (χ0v) is 16.8. The molecule has 0 spiro atoms. The van der Waals surface area contributed by atoms with Crippen molar-refractivity contribution in [1.82, 2.24) is 10.2 Å². The van der Waals surface area contributed by atoms with Gasteiger partial charge in [-0.25, -0.2) is 4.79 Å². The highest BCUT2D eigenvalue weighted by Crippen LogP contribution is 2.48. The smallest absolute Gasteiger partial charge is 0.411 e. The number of nitrogens with one attached hydrogen (secondary N) is 1. The SMILES string of the molecule is CC(C)(C)OC(=O)N1[C@@H]2[C@@H]3OC(C)(C)O[C@@H]3[C@H]1C[C@H]2NCc1ccccc1. The Morgan fingerprint density at radius 2 is 1.89 bits per heavy atom. The number of nitrogens with zero attached hydrogens (tertiary/aromatic N) is 1. The van der Waals surface area contributed by atoms with Gasteiger partial charge in [0.2, 0.25) is 0 Å². The van der Waals surface area contributed by atoms with Gasteiger partial charge in [0.1, 0.15) is 17.8 Å². The molecule has 6 nitrogen and oxygen atoms in total. The molecule has 3 saturated heterocycles. The molecule has 0 radical (unpaired) electrons. The fraction of sp³-hybridized carbons (Fsp3) is 0.667. The van der Waals surface area contributed by atoms with Gasteiger partial charge in [-0.05, 0) is 46.6 Å². The van der Waals surface area contributed by atoms with Gasteiger partial charge in [-0.15, -0.1) is 0 Å². The summed E-state index contributed by atoms with van der Waals surface area (Å²) >= 11 is 0. The summed E-state index contributed by atoms with van der Waals surface area (Å²) in [5.74, 6) is -0.611. The third-order valence-electron chi connectivity index (χ3n) is 5.48. The third-order valence-corrected chi connectivity index (χ3v) is 5.48. The lowest BCUT2D eigenvalue weighted by Crippen LogP contribution is -2.51. The van der Waals surface area contributed by atoms with Crippen LogP contribution in [0.1, 0.15) is 46.6 Å². The van der Waals surface area contributed by atoms with E-state index in [0.29, 0.717) is 0 Å². The van der Waals surface area contributed by atoms with E-state index in [0.717, 1.165) is 13.0 Å². The number of carbonyl (C=O) groups is 1. The maximum absolute atomic E-state index is 12.9. The van der Waals surface area contributed by atoms with Crippen molar-refractivity contribution in [1.29, 1.82) is 0 Å². The third kappa shape index (κ3) is 3.58. The lowest BCUT2D eigenvalue weighted by molar-refractivity contribution is -0.162. The van der Waals surface area contributed by atoms with Crippen molar-refractivity contribution >= 4 is 6.09 Å². The van der Waals surface area contributed by atoms with Crippen LogP contribution in [-0.4, -0.2) is 52.7 Å². The number of ether oxygens (including phenoxy) is 3. The minimum Gasteiger partial charge on any atom is -0.444 e. The van der Waals surface area contributed by atoms with Gasteiger partial charge in [0.25, 0.3) is 0 Å². The maximum atomic E-state index is 12.9. The highest BCUT2D eigenvalue weighted by Gasteiger charge is 2.66. The van der Waals surface area contributed by atoms with Crippen LogP contribution in [0.4, 0.5) is 4.79 Å². The fourth-order valence-electron chi connectivity index (χ4n) is 4.61. The summed E-state index contributed by atoms with van der Waals surface area (Å²) < 4.78 is 18.0. The van der Waals surface area contributed by atoms with E-state index in [1.165, 1.54) is 5.56 Å². The second-order valence-corrected chi connectivity index (χ2v) is 9.22. The van der Waals surface area contributed by atoms with Gasteiger partial charge < -0.3 is 19.5 Å². The second-order valence-electron chi connectivity index (χ2n) is 9.22. The van der Waals surface area contributed by atoms with E-state index in [9.17, 15) is 4.79 Å². The topological polar surface area (TPSA) is 60.0 Å². The predicted octanol–water partition coefficient (Wildman–Crippen LogP) is 3.06. The van der Waals surface area contributed by atoms with E-state index in [-0.39, 0.29) is 36.4 Å². The average Bonchev–Trinajstić information content (AvgIpc) is 3.17. The van der Waals surface area contributed by atoms with Crippen LogP contribution in [0.15, 0.2) is 30.3 Å². The summed E-state index contributed by atoms with van der Waals surface area (Å²) in [5, 5.41) is 3.63. The van der Waals surface area contributed by atoms with Crippen molar-refractivity contribution in [2.75, 3.05) is 0 Å². The Hall–Kier alpha value is -1.63. The summed E-state index contributed by atoms with van der Waals surface area (Å²) in [5.41, 5.74) is 0.701. The normalized spacial score (nSPS) is 34.0. The van der Waals surface area contributed by atoms with Crippen molar-refractivity contribution in [3.05, 3.63) is 35.9 Å². The molecule has 4 rings (SSSR count). The van der Waals surface area contributed by atoms with E-state index < -0.39 is 11.4 Å². The molecule has 1 aromatic rings. The van der Waals surface area contributed by atoms with Crippen molar-refractivity contribution in [3.8, 4) is 0 Å². The molecule has 3 aliphatic rings. The Morgan fingerprint density at radius 1 is 1.22 bits per heavy atom. The molecule has 3 fully saturated rings. The van der Waals surface area contributed by atoms with Crippen LogP contribution in [0.2, 0.25) is 0 Å². The summed E-state index contributed by atoms with van der Waals surface area (Å²) in [6.07, 6.45) is 0.352. The zero-order valence-electron chi connectivity index (χ0n) is 16.8. The summed E-state index contributed by atoms with van der Waals surface area (Å²) in [6.45, 7) is 10.3. The van der Waals surface area contributed by atoms with Crippen LogP contribution in [0.25, 0.3) is 0 Å². The highest BCUT2D eigenvalue weighted by atomic mass is 16.8. The Bertz CT molecular complexity index is 700. The van der Waals surface area contributed by atoms with Gasteiger partial charge >= 0.3 is 6.09 Å². The van der Waals surface area contributed by atoms with Gasteiger partial charge in [-0.2, -0.15) is 0 Å². The van der Waals surface area contributed by atoms with Crippen LogP contribution in [0.3, 0.4) is 0 Å². The number of benzene rings is 1. The molecule has 5 atom stereocenters. The van der Waals surface area contributed by atoms with Crippen LogP contribution in [0.5, 0.6) is 0 Å². The lowest BCUT2D eigenvalue weighted by atomic mass is 9.90. The number of hydrogen-bond donors (Lipinski definition) is 1. The first kappa shape index (κ1) is 18.7. The summed E-state index contributed by atoms with van der Waals surface area (Å²) in [4.78, 5) is 14.8. The molecular weight excluding hydrogens is 344 g/mol. The van der Waals surface area contributed by atoms with E-state index in [2.05, 4.69) is 17.4 Å². The van der Waals surface area contributed by atoms with Crippen molar-refractivity contribution in [2.24, 2.45) is 0 Å². The van der Waals surface area contributed by atoms with Gasteiger partial charge in [-0.3, -0.25) is 4.90 Å². The number of hydrogen-bond acceptors (Lipinski definition) is 5. The Morgan fingerprint density at radius 3 is 2.56 bits per heavy atom. The molecule has 1 N–H and O–H groups in total. The van der Waals surface area contributed by atoms with E-state index >= 15 is 0 Å². The standard InChI is InChI=1S/C21H30N2O4/c1-20(2,3)27-19(24)23-15-11-14(22-12-13-9-7-6-8-10-13)16(23)18-17(15)25-21(4,5)26-18/h6-10,14-18,22H,11-12H2,1-5H3/t14-,15-,16+,17-,18+/m1/s1. The van der Waals surface area contributed by atoms with Crippen molar-refractivity contribution in [2.45, 2.75) is 89.3 Å². The average molecular weight is 374 g/mol. The van der Waals surface area contributed by atoms with Crippen LogP contribution < -0.4 is 5.32 Å². The largest absolute Gasteiger partial charge is 0.444 e. The molecule has 2 bridgehead atoms. The molecular formula is C21H30N2O4. The molecule has 6 heteroatoms. The first-order chi connectivity index (χ1) is 12.6. The predicted molar refractivity (Wildman–Crippen MR) is 101 cm³/mol. The molecule has 0 unspecified atom stereocenters. The Labute approximate surface area is 161 Å². The van der Waals surface area contributed by atoms with Gasteiger partial charge in [0, 0.05) is 12.6 Å². The minimum absolute atomic E-state index is 0.0232. The number of amides is 1. The summed E-state index contributed by atoms with van der Waals surface area (Å²) in [6, 6.07) is 10.3. The van der Waals surface area contributed by atoms with Crippen LogP contribution in [-0.2, 0) is 20.8 Å². The molecule has 0 aromatic heterocycles. The van der Waals surface area contributed by atoms with E-state index in [1.54, 1.807) is 0 Å². The molecule has 148 valence electrons.